The van der Waals surface area contributed by atoms with E-state index < -0.39 is 0 Å². The van der Waals surface area contributed by atoms with Crippen LogP contribution in [-0.4, -0.2) is 24.0 Å². The lowest BCUT2D eigenvalue weighted by atomic mass is 10.3. The van der Waals surface area contributed by atoms with Crippen LogP contribution in [0.4, 0.5) is 0 Å². The van der Waals surface area contributed by atoms with Gasteiger partial charge in [0.1, 0.15) is 0 Å². The first-order valence-electron chi connectivity index (χ1n) is 3.54. The van der Waals surface area contributed by atoms with Crippen LogP contribution >= 0.6 is 0 Å². The Labute approximate surface area is 67.2 Å². The van der Waals surface area contributed by atoms with Gasteiger partial charge in [0, 0.05) is 26.5 Å². The molecule has 0 amide bonds. The third kappa shape index (κ3) is 2.85. The predicted octanol–water partition coefficient (Wildman–Crippen LogP) is 1.61. The monoisotopic (exact) mass is 148 g/mol. The average molecular weight is 148 g/mol. The smallest absolute Gasteiger partial charge is 0.0273 e. The maximum Gasteiger partial charge on any atom is 0.0273 e. The van der Waals surface area contributed by atoms with Gasteiger partial charge in [0.15, 0.2) is 0 Å². The Balaban J connectivity index is 2.65. The summed E-state index contributed by atoms with van der Waals surface area (Å²) in [6.45, 7) is 0. The van der Waals surface area contributed by atoms with Crippen LogP contribution < -0.4 is 0 Å². The van der Waals surface area contributed by atoms with E-state index in [4.69, 9.17) is 0 Å². The van der Waals surface area contributed by atoms with Crippen molar-refractivity contribution in [1.29, 1.82) is 0 Å². The van der Waals surface area contributed by atoms with Crippen molar-refractivity contribution in [2.45, 2.75) is 0 Å². The van der Waals surface area contributed by atoms with Crippen molar-refractivity contribution in [2.75, 3.05) is 14.1 Å². The number of rotatable bonds is 2. The van der Waals surface area contributed by atoms with Crippen molar-refractivity contribution in [3.8, 4) is 0 Å². The second kappa shape index (κ2) is 3.76. The molecule has 0 unspecified atom stereocenters. The van der Waals surface area contributed by atoms with E-state index in [2.05, 4.69) is 4.98 Å². The van der Waals surface area contributed by atoms with Gasteiger partial charge >= 0.3 is 0 Å². The fourth-order valence-corrected chi connectivity index (χ4v) is 0.710. The van der Waals surface area contributed by atoms with Crippen LogP contribution in [0.15, 0.2) is 30.7 Å². The van der Waals surface area contributed by atoms with Crippen LogP contribution in [0, 0.1) is 0 Å². The molecule has 1 aromatic heterocycles. The van der Waals surface area contributed by atoms with E-state index in [1.54, 1.807) is 12.4 Å². The summed E-state index contributed by atoms with van der Waals surface area (Å²) in [5, 5.41) is 0. The molecule has 0 aliphatic rings. The number of pyridine rings is 1. The van der Waals surface area contributed by atoms with Crippen molar-refractivity contribution in [3.05, 3.63) is 36.3 Å². The molecular weight excluding hydrogens is 136 g/mol. The molecule has 1 heterocycles. The highest BCUT2D eigenvalue weighted by molar-refractivity contribution is 5.47. The molecule has 0 fully saturated rings. The van der Waals surface area contributed by atoms with Gasteiger partial charge in [0.25, 0.3) is 0 Å². The van der Waals surface area contributed by atoms with Gasteiger partial charge < -0.3 is 4.90 Å². The van der Waals surface area contributed by atoms with Gasteiger partial charge in [-0.2, -0.15) is 0 Å². The number of nitrogens with zero attached hydrogens (tertiary/aromatic N) is 2. The lowest BCUT2D eigenvalue weighted by Crippen LogP contribution is -1.99. The quantitative estimate of drug-likeness (QED) is 0.633. The minimum atomic E-state index is 1.17. The molecule has 0 radical (unpaired) electrons. The predicted molar refractivity (Wildman–Crippen MR) is 47.0 cm³/mol. The number of aromatic nitrogens is 1. The molecule has 11 heavy (non-hydrogen) atoms. The van der Waals surface area contributed by atoms with Crippen LogP contribution in [-0.2, 0) is 0 Å². The zero-order valence-electron chi connectivity index (χ0n) is 6.86. The molecule has 0 spiro atoms. The Kier molecular flexibility index (Phi) is 2.66. The van der Waals surface area contributed by atoms with Crippen LogP contribution in [0.3, 0.4) is 0 Å². The minimum absolute atomic E-state index is 1.17. The SMILES string of the molecule is CN(C)/C=C\c1ccncc1. The molecular formula is C9H12N2. The molecule has 1 rings (SSSR count). The van der Waals surface area contributed by atoms with E-state index in [-0.39, 0.29) is 0 Å². The summed E-state index contributed by atoms with van der Waals surface area (Å²) in [6, 6.07) is 3.94. The molecule has 2 heteroatoms. The highest BCUT2D eigenvalue weighted by Crippen LogP contribution is 1.98. The zero-order chi connectivity index (χ0) is 8.10. The van der Waals surface area contributed by atoms with Crippen LogP contribution in [0.1, 0.15) is 5.56 Å². The molecule has 0 aromatic carbocycles. The number of hydrogen-bond donors (Lipinski definition) is 0. The van der Waals surface area contributed by atoms with Crippen molar-refractivity contribution in [2.24, 2.45) is 0 Å². The fraction of sp³-hybridized carbons (Fsp3) is 0.222. The second-order valence-corrected chi connectivity index (χ2v) is 2.56. The highest BCUT2D eigenvalue weighted by atomic mass is 15.0. The Morgan fingerprint density at radius 3 is 2.45 bits per heavy atom. The average Bonchev–Trinajstić information content (AvgIpc) is 2.03. The van der Waals surface area contributed by atoms with Crippen LogP contribution in [0.25, 0.3) is 6.08 Å². The third-order valence-corrected chi connectivity index (χ3v) is 1.27. The van der Waals surface area contributed by atoms with Gasteiger partial charge in [-0.25, -0.2) is 0 Å². The van der Waals surface area contributed by atoms with Crippen LogP contribution in [0.2, 0.25) is 0 Å². The number of hydrogen-bond acceptors (Lipinski definition) is 2. The summed E-state index contributed by atoms with van der Waals surface area (Å²) in [6.07, 6.45) is 7.63. The molecule has 0 N–H and O–H groups in total. The molecule has 0 saturated carbocycles. The second-order valence-electron chi connectivity index (χ2n) is 2.56. The lowest BCUT2D eigenvalue weighted by Gasteiger charge is -2.02. The van der Waals surface area contributed by atoms with E-state index in [1.807, 2.05) is 43.4 Å². The molecule has 0 atom stereocenters. The molecule has 0 aliphatic heterocycles. The van der Waals surface area contributed by atoms with Gasteiger partial charge in [-0.15, -0.1) is 0 Å². The maximum absolute atomic E-state index is 3.92. The largest absolute Gasteiger partial charge is 0.383 e. The molecule has 1 aromatic rings. The van der Waals surface area contributed by atoms with Crippen LogP contribution in [0.5, 0.6) is 0 Å². The van der Waals surface area contributed by atoms with Gasteiger partial charge in [0.05, 0.1) is 0 Å². The Morgan fingerprint density at radius 1 is 1.27 bits per heavy atom. The normalized spacial score (nSPS) is 10.4. The van der Waals surface area contributed by atoms with E-state index >= 15 is 0 Å². The highest BCUT2D eigenvalue weighted by Gasteiger charge is 1.82. The van der Waals surface area contributed by atoms with Gasteiger partial charge in [0.2, 0.25) is 0 Å². The van der Waals surface area contributed by atoms with E-state index in [0.29, 0.717) is 0 Å². The minimum Gasteiger partial charge on any atom is -0.383 e. The third-order valence-electron chi connectivity index (χ3n) is 1.27. The van der Waals surface area contributed by atoms with Crippen molar-refractivity contribution in [1.82, 2.24) is 9.88 Å². The molecule has 2 nitrogen and oxygen atoms in total. The maximum atomic E-state index is 3.92. The summed E-state index contributed by atoms with van der Waals surface area (Å²) in [5.74, 6) is 0. The zero-order valence-corrected chi connectivity index (χ0v) is 6.86. The van der Waals surface area contributed by atoms with Crippen molar-refractivity contribution in [3.63, 3.8) is 0 Å². The van der Waals surface area contributed by atoms with Gasteiger partial charge in [-0.3, -0.25) is 4.98 Å². The summed E-state index contributed by atoms with van der Waals surface area (Å²) in [7, 11) is 4.00. The van der Waals surface area contributed by atoms with E-state index in [1.165, 1.54) is 5.56 Å². The van der Waals surface area contributed by atoms with Gasteiger partial charge in [-0.05, 0) is 30.0 Å². The molecule has 0 saturated heterocycles. The van der Waals surface area contributed by atoms with Gasteiger partial charge in [-0.1, -0.05) is 0 Å². The Morgan fingerprint density at radius 2 is 1.91 bits per heavy atom. The first-order valence-corrected chi connectivity index (χ1v) is 3.54. The molecule has 58 valence electrons. The summed E-state index contributed by atoms with van der Waals surface area (Å²) >= 11 is 0. The summed E-state index contributed by atoms with van der Waals surface area (Å²) in [5.41, 5.74) is 1.17. The summed E-state index contributed by atoms with van der Waals surface area (Å²) < 4.78 is 0. The van der Waals surface area contributed by atoms with E-state index in [0.717, 1.165) is 0 Å². The lowest BCUT2D eigenvalue weighted by molar-refractivity contribution is 0.567. The first-order chi connectivity index (χ1) is 5.29. The van der Waals surface area contributed by atoms with Crippen molar-refractivity contribution < 1.29 is 0 Å². The summed E-state index contributed by atoms with van der Waals surface area (Å²) in [4.78, 5) is 5.93. The Bertz CT molecular complexity index is 227. The Hall–Kier alpha value is -1.31. The molecule has 0 bridgehead atoms. The van der Waals surface area contributed by atoms with Crippen molar-refractivity contribution >= 4 is 6.08 Å². The standard InChI is InChI=1S/C9H12N2/c1-11(2)8-5-9-3-6-10-7-4-9/h3-8H,1-2H3/b8-5-. The topological polar surface area (TPSA) is 16.1 Å². The molecule has 0 aliphatic carbocycles. The van der Waals surface area contributed by atoms with E-state index in [9.17, 15) is 0 Å². The first kappa shape index (κ1) is 7.79. The fourth-order valence-electron chi connectivity index (χ4n) is 0.710.